The first-order chi connectivity index (χ1) is 8.74. The minimum Gasteiger partial charge on any atom is -0.349 e. The molecule has 94 valence electrons. The van der Waals surface area contributed by atoms with E-state index in [4.69, 9.17) is 0 Å². The number of hydrogen-bond donors (Lipinski definition) is 2. The molecule has 0 radical (unpaired) electrons. The van der Waals surface area contributed by atoms with Crippen molar-refractivity contribution in [1.29, 1.82) is 0 Å². The van der Waals surface area contributed by atoms with E-state index in [9.17, 15) is 9.59 Å². The van der Waals surface area contributed by atoms with Gasteiger partial charge >= 0.3 is 6.03 Å². The van der Waals surface area contributed by atoms with Gasteiger partial charge in [0.25, 0.3) is 5.91 Å². The molecule has 1 aliphatic heterocycles. The van der Waals surface area contributed by atoms with Crippen molar-refractivity contribution in [1.82, 2.24) is 10.6 Å². The zero-order chi connectivity index (χ0) is 12.5. The SMILES string of the molecule is O=C(NC1CC1)c1ccc(N2CCNC2=O)cc1. The van der Waals surface area contributed by atoms with Gasteiger partial charge in [0.1, 0.15) is 0 Å². The van der Waals surface area contributed by atoms with Crippen molar-refractivity contribution < 1.29 is 9.59 Å². The van der Waals surface area contributed by atoms with Crippen LogP contribution in [0.2, 0.25) is 0 Å². The molecule has 0 unspecified atom stereocenters. The van der Waals surface area contributed by atoms with Crippen LogP contribution < -0.4 is 15.5 Å². The van der Waals surface area contributed by atoms with Crippen molar-refractivity contribution in [3.63, 3.8) is 0 Å². The van der Waals surface area contributed by atoms with E-state index in [-0.39, 0.29) is 11.9 Å². The lowest BCUT2D eigenvalue weighted by atomic mass is 10.2. The summed E-state index contributed by atoms with van der Waals surface area (Å²) in [6.07, 6.45) is 2.16. The molecule has 3 rings (SSSR count). The standard InChI is InChI=1S/C13H15N3O2/c17-12(15-10-3-4-10)9-1-5-11(6-2-9)16-8-7-14-13(16)18/h1-2,5-6,10H,3-4,7-8H2,(H,14,18)(H,15,17). The monoisotopic (exact) mass is 245 g/mol. The minimum absolute atomic E-state index is 0.0325. The van der Waals surface area contributed by atoms with Crippen molar-refractivity contribution in [3.05, 3.63) is 29.8 Å². The Morgan fingerprint density at radius 1 is 1.28 bits per heavy atom. The molecule has 0 atom stereocenters. The van der Waals surface area contributed by atoms with Gasteiger partial charge in [0.05, 0.1) is 0 Å². The summed E-state index contributed by atoms with van der Waals surface area (Å²) in [7, 11) is 0. The maximum absolute atomic E-state index is 11.8. The van der Waals surface area contributed by atoms with Gasteiger partial charge in [-0.15, -0.1) is 0 Å². The van der Waals surface area contributed by atoms with Gasteiger partial charge in [-0.1, -0.05) is 0 Å². The van der Waals surface area contributed by atoms with E-state index in [1.54, 1.807) is 17.0 Å². The van der Waals surface area contributed by atoms with Crippen molar-refractivity contribution in [2.75, 3.05) is 18.0 Å². The number of hydrogen-bond acceptors (Lipinski definition) is 2. The van der Waals surface area contributed by atoms with Crippen LogP contribution in [-0.4, -0.2) is 31.1 Å². The Kier molecular flexibility index (Phi) is 2.66. The quantitative estimate of drug-likeness (QED) is 0.838. The summed E-state index contributed by atoms with van der Waals surface area (Å²) in [5.41, 5.74) is 1.47. The molecular formula is C13H15N3O2. The van der Waals surface area contributed by atoms with Gasteiger partial charge < -0.3 is 10.6 Å². The summed E-state index contributed by atoms with van der Waals surface area (Å²) in [5.74, 6) is -0.0325. The average molecular weight is 245 g/mol. The molecular weight excluding hydrogens is 230 g/mol. The summed E-state index contributed by atoms with van der Waals surface area (Å²) in [6, 6.07) is 7.43. The van der Waals surface area contributed by atoms with E-state index in [1.807, 2.05) is 12.1 Å². The normalized spacial score (nSPS) is 18.7. The molecule has 1 heterocycles. The Bertz CT molecular complexity index is 480. The number of urea groups is 1. The number of amides is 3. The summed E-state index contributed by atoms with van der Waals surface area (Å²) < 4.78 is 0. The Labute approximate surface area is 105 Å². The fourth-order valence-electron chi connectivity index (χ4n) is 2.01. The molecule has 3 amide bonds. The second-order valence-corrected chi connectivity index (χ2v) is 4.68. The highest BCUT2D eigenvalue weighted by Crippen LogP contribution is 2.20. The molecule has 1 aromatic rings. The largest absolute Gasteiger partial charge is 0.349 e. The van der Waals surface area contributed by atoms with E-state index in [2.05, 4.69) is 10.6 Å². The lowest BCUT2D eigenvalue weighted by molar-refractivity contribution is 0.0951. The number of rotatable bonds is 3. The van der Waals surface area contributed by atoms with Crippen molar-refractivity contribution in [3.8, 4) is 0 Å². The highest BCUT2D eigenvalue weighted by molar-refractivity contribution is 5.97. The third-order valence-corrected chi connectivity index (χ3v) is 3.21. The Hall–Kier alpha value is -2.04. The number of anilines is 1. The Morgan fingerprint density at radius 2 is 2.00 bits per heavy atom. The highest BCUT2D eigenvalue weighted by Gasteiger charge is 2.24. The predicted octanol–water partition coefficient (Wildman–Crippen LogP) is 1.11. The molecule has 1 aliphatic carbocycles. The summed E-state index contributed by atoms with van der Waals surface area (Å²) in [4.78, 5) is 24.9. The van der Waals surface area contributed by atoms with Gasteiger partial charge in [0.2, 0.25) is 0 Å². The van der Waals surface area contributed by atoms with Gasteiger partial charge in [-0.25, -0.2) is 4.79 Å². The fourth-order valence-corrected chi connectivity index (χ4v) is 2.01. The van der Waals surface area contributed by atoms with Crippen molar-refractivity contribution in [2.45, 2.75) is 18.9 Å². The molecule has 0 spiro atoms. The Morgan fingerprint density at radius 3 is 2.56 bits per heavy atom. The predicted molar refractivity (Wildman–Crippen MR) is 67.7 cm³/mol. The van der Waals surface area contributed by atoms with Crippen LogP contribution in [0.1, 0.15) is 23.2 Å². The molecule has 1 aromatic carbocycles. The zero-order valence-electron chi connectivity index (χ0n) is 9.98. The van der Waals surface area contributed by atoms with E-state index in [1.165, 1.54) is 0 Å². The first kappa shape index (κ1) is 11.1. The molecule has 0 aromatic heterocycles. The maximum atomic E-state index is 11.8. The first-order valence-corrected chi connectivity index (χ1v) is 6.20. The van der Waals surface area contributed by atoms with Crippen LogP contribution in [0.25, 0.3) is 0 Å². The van der Waals surface area contributed by atoms with Crippen molar-refractivity contribution in [2.24, 2.45) is 0 Å². The van der Waals surface area contributed by atoms with E-state index in [0.717, 1.165) is 18.5 Å². The summed E-state index contributed by atoms with van der Waals surface area (Å²) >= 11 is 0. The Balaban J connectivity index is 1.71. The number of carbonyl (C=O) groups is 2. The lowest BCUT2D eigenvalue weighted by Gasteiger charge is -2.14. The van der Waals surface area contributed by atoms with Crippen LogP contribution in [0, 0.1) is 0 Å². The molecule has 2 aliphatic rings. The van der Waals surface area contributed by atoms with Crippen LogP contribution in [0.3, 0.4) is 0 Å². The van der Waals surface area contributed by atoms with E-state index < -0.39 is 0 Å². The number of nitrogens with one attached hydrogen (secondary N) is 2. The molecule has 18 heavy (non-hydrogen) atoms. The topological polar surface area (TPSA) is 61.4 Å². The van der Waals surface area contributed by atoms with Crippen molar-refractivity contribution >= 4 is 17.6 Å². The molecule has 2 N–H and O–H groups in total. The van der Waals surface area contributed by atoms with Crippen LogP contribution >= 0.6 is 0 Å². The number of benzene rings is 1. The third kappa shape index (κ3) is 2.16. The highest BCUT2D eigenvalue weighted by atomic mass is 16.2. The lowest BCUT2D eigenvalue weighted by Crippen LogP contribution is -2.28. The zero-order valence-corrected chi connectivity index (χ0v) is 9.98. The first-order valence-electron chi connectivity index (χ1n) is 6.20. The summed E-state index contributed by atoms with van der Waals surface area (Å²) in [5, 5.41) is 5.68. The van der Waals surface area contributed by atoms with Crippen LogP contribution in [0.15, 0.2) is 24.3 Å². The average Bonchev–Trinajstić information content (AvgIpc) is 3.09. The summed E-state index contributed by atoms with van der Waals surface area (Å²) in [6.45, 7) is 1.34. The van der Waals surface area contributed by atoms with Gasteiger partial charge in [-0.3, -0.25) is 9.69 Å². The smallest absolute Gasteiger partial charge is 0.321 e. The number of carbonyl (C=O) groups excluding carboxylic acids is 2. The fraction of sp³-hybridized carbons (Fsp3) is 0.385. The molecule has 1 saturated heterocycles. The van der Waals surface area contributed by atoms with Gasteiger partial charge in [-0.2, -0.15) is 0 Å². The molecule has 5 nitrogen and oxygen atoms in total. The molecule has 5 heteroatoms. The van der Waals surface area contributed by atoms with Crippen LogP contribution in [0.4, 0.5) is 10.5 Å². The minimum atomic E-state index is -0.0785. The molecule has 1 saturated carbocycles. The van der Waals surface area contributed by atoms with E-state index >= 15 is 0 Å². The van der Waals surface area contributed by atoms with Gasteiger partial charge in [0.15, 0.2) is 0 Å². The molecule has 0 bridgehead atoms. The van der Waals surface area contributed by atoms with Crippen LogP contribution in [-0.2, 0) is 0 Å². The number of nitrogens with zero attached hydrogens (tertiary/aromatic N) is 1. The molecule has 2 fully saturated rings. The second kappa shape index (κ2) is 4.33. The van der Waals surface area contributed by atoms with E-state index in [0.29, 0.717) is 24.7 Å². The van der Waals surface area contributed by atoms with Gasteiger partial charge in [0, 0.05) is 30.4 Å². The van der Waals surface area contributed by atoms with Crippen LogP contribution in [0.5, 0.6) is 0 Å². The van der Waals surface area contributed by atoms with Gasteiger partial charge in [-0.05, 0) is 37.1 Å². The second-order valence-electron chi connectivity index (χ2n) is 4.68. The maximum Gasteiger partial charge on any atom is 0.321 e. The third-order valence-electron chi connectivity index (χ3n) is 3.21.